The highest BCUT2D eigenvalue weighted by atomic mass is 16.5. The molecule has 138 valence electrons. The van der Waals surface area contributed by atoms with Crippen LogP contribution in [0, 0.1) is 0 Å². The lowest BCUT2D eigenvalue weighted by Crippen LogP contribution is -2.53. The predicted molar refractivity (Wildman–Crippen MR) is 95.1 cm³/mol. The minimum Gasteiger partial charge on any atom is -0.481 e. The Hall–Kier alpha value is -2.34. The van der Waals surface area contributed by atoms with E-state index in [0.717, 1.165) is 35.8 Å². The van der Waals surface area contributed by atoms with Gasteiger partial charge in [0.15, 0.2) is 0 Å². The molecule has 1 aliphatic heterocycles. The molecular weight excluding hydrogens is 334 g/mol. The first kappa shape index (κ1) is 17.1. The summed E-state index contributed by atoms with van der Waals surface area (Å²) in [6.45, 7) is 0.933. The number of carbonyl (C=O) groups excluding carboxylic acids is 1. The summed E-state index contributed by atoms with van der Waals surface area (Å²) < 4.78 is 11.0. The molecule has 1 saturated heterocycles. The Morgan fingerprint density at radius 3 is 2.62 bits per heavy atom. The van der Waals surface area contributed by atoms with Crippen molar-refractivity contribution in [1.29, 1.82) is 0 Å². The molecule has 2 N–H and O–H groups in total. The minimum absolute atomic E-state index is 0.0816. The van der Waals surface area contributed by atoms with Gasteiger partial charge in [0.1, 0.15) is 5.58 Å². The van der Waals surface area contributed by atoms with Crippen molar-refractivity contribution >= 4 is 22.8 Å². The lowest BCUT2D eigenvalue weighted by molar-refractivity contribution is -0.140. The van der Waals surface area contributed by atoms with E-state index in [9.17, 15) is 14.7 Å². The normalized spacial score (nSPS) is 18.6. The fraction of sp³-hybridized carbons (Fsp3) is 0.500. The number of hydrogen-bond donors (Lipinski definition) is 2. The van der Waals surface area contributed by atoms with Crippen molar-refractivity contribution in [1.82, 2.24) is 5.32 Å². The van der Waals surface area contributed by atoms with Crippen molar-refractivity contribution in [2.24, 2.45) is 0 Å². The number of carboxylic acid groups (broad SMARTS) is 1. The first-order chi connectivity index (χ1) is 12.5. The number of fused-ring (bicyclic) bond motifs is 2. The lowest BCUT2D eigenvalue weighted by atomic mass is 9.86. The predicted octanol–water partition coefficient (Wildman–Crippen LogP) is 2.60. The highest BCUT2D eigenvalue weighted by Crippen LogP contribution is 2.31. The van der Waals surface area contributed by atoms with E-state index >= 15 is 0 Å². The molecule has 6 heteroatoms. The molecule has 2 aliphatic rings. The van der Waals surface area contributed by atoms with E-state index in [2.05, 4.69) is 17.4 Å². The van der Waals surface area contributed by atoms with Crippen LogP contribution in [0.2, 0.25) is 0 Å². The molecular formula is C20H23NO5. The molecule has 0 radical (unpaired) electrons. The Kier molecular flexibility index (Phi) is 4.44. The highest BCUT2D eigenvalue weighted by molar-refractivity contribution is 5.89. The minimum atomic E-state index is -0.906. The molecule has 2 aromatic rings. The third kappa shape index (κ3) is 3.33. The van der Waals surface area contributed by atoms with Crippen LogP contribution in [0.4, 0.5) is 0 Å². The van der Waals surface area contributed by atoms with Crippen molar-refractivity contribution in [2.45, 2.75) is 50.5 Å². The van der Waals surface area contributed by atoms with Crippen LogP contribution in [0.3, 0.4) is 0 Å². The molecule has 26 heavy (non-hydrogen) atoms. The number of furan rings is 1. The monoisotopic (exact) mass is 357 g/mol. The van der Waals surface area contributed by atoms with Gasteiger partial charge in [-0.1, -0.05) is 0 Å². The number of benzene rings is 1. The second-order valence-electron chi connectivity index (χ2n) is 7.42. The molecule has 1 aromatic carbocycles. The van der Waals surface area contributed by atoms with Gasteiger partial charge in [0, 0.05) is 24.2 Å². The SMILES string of the molecule is O=C(O)CC1(NC(=O)Cc2coc3cc4c(cc23)CCC4)CCOCC1. The van der Waals surface area contributed by atoms with Crippen LogP contribution in [0.5, 0.6) is 0 Å². The highest BCUT2D eigenvalue weighted by Gasteiger charge is 2.36. The van der Waals surface area contributed by atoms with Crippen molar-refractivity contribution in [3.05, 3.63) is 35.1 Å². The number of ether oxygens (including phenoxy) is 1. The topological polar surface area (TPSA) is 88.8 Å². The molecule has 1 aliphatic carbocycles. The Morgan fingerprint density at radius 2 is 1.88 bits per heavy atom. The number of nitrogens with one attached hydrogen (secondary N) is 1. The van der Waals surface area contributed by atoms with E-state index < -0.39 is 11.5 Å². The van der Waals surface area contributed by atoms with Crippen molar-refractivity contribution < 1.29 is 23.8 Å². The maximum Gasteiger partial charge on any atom is 0.305 e. The van der Waals surface area contributed by atoms with Crippen LogP contribution in [0.1, 0.15) is 42.4 Å². The summed E-state index contributed by atoms with van der Waals surface area (Å²) >= 11 is 0. The maximum absolute atomic E-state index is 12.7. The van der Waals surface area contributed by atoms with E-state index in [1.807, 2.05) is 0 Å². The maximum atomic E-state index is 12.7. The summed E-state index contributed by atoms with van der Waals surface area (Å²) in [5.41, 5.74) is 3.63. The van der Waals surface area contributed by atoms with Gasteiger partial charge in [-0.3, -0.25) is 9.59 Å². The Morgan fingerprint density at radius 1 is 1.15 bits per heavy atom. The molecule has 6 nitrogen and oxygen atoms in total. The molecule has 1 aromatic heterocycles. The lowest BCUT2D eigenvalue weighted by Gasteiger charge is -2.36. The van der Waals surface area contributed by atoms with E-state index in [0.29, 0.717) is 26.1 Å². The second kappa shape index (κ2) is 6.76. The molecule has 2 heterocycles. The summed E-state index contributed by atoms with van der Waals surface area (Å²) in [5.74, 6) is -1.08. The van der Waals surface area contributed by atoms with E-state index in [1.165, 1.54) is 11.1 Å². The quantitative estimate of drug-likeness (QED) is 0.859. The number of carbonyl (C=O) groups is 2. The third-order valence-corrected chi connectivity index (χ3v) is 5.56. The van der Waals surface area contributed by atoms with Crippen LogP contribution in [0.25, 0.3) is 11.0 Å². The van der Waals surface area contributed by atoms with Crippen LogP contribution >= 0.6 is 0 Å². The van der Waals surface area contributed by atoms with E-state index in [4.69, 9.17) is 9.15 Å². The molecule has 4 rings (SSSR count). The first-order valence-electron chi connectivity index (χ1n) is 9.17. The van der Waals surface area contributed by atoms with Gasteiger partial charge < -0.3 is 19.6 Å². The van der Waals surface area contributed by atoms with Gasteiger partial charge in [-0.05, 0) is 55.4 Å². The van der Waals surface area contributed by atoms with Gasteiger partial charge in [0.05, 0.1) is 24.6 Å². The Balaban J connectivity index is 1.52. The zero-order valence-corrected chi connectivity index (χ0v) is 14.7. The van der Waals surface area contributed by atoms with Crippen LogP contribution in [-0.4, -0.2) is 35.7 Å². The number of amides is 1. The molecule has 0 bridgehead atoms. The molecule has 0 spiro atoms. The summed E-state index contributed by atoms with van der Waals surface area (Å²) in [6, 6.07) is 4.23. The molecule has 0 atom stereocenters. The first-order valence-corrected chi connectivity index (χ1v) is 9.17. The smallest absolute Gasteiger partial charge is 0.305 e. The van der Waals surface area contributed by atoms with Crippen LogP contribution in [0.15, 0.2) is 22.8 Å². The van der Waals surface area contributed by atoms with Gasteiger partial charge in [0.2, 0.25) is 5.91 Å². The number of rotatable bonds is 5. The fourth-order valence-electron chi connectivity index (χ4n) is 4.20. The van der Waals surface area contributed by atoms with Gasteiger partial charge in [-0.2, -0.15) is 0 Å². The summed E-state index contributed by atoms with van der Waals surface area (Å²) in [5, 5.41) is 13.2. The largest absolute Gasteiger partial charge is 0.481 e. The zero-order chi connectivity index (χ0) is 18.1. The van der Waals surface area contributed by atoms with Gasteiger partial charge >= 0.3 is 5.97 Å². The van der Waals surface area contributed by atoms with Crippen molar-refractivity contribution in [3.63, 3.8) is 0 Å². The number of carboxylic acids is 1. The van der Waals surface area contributed by atoms with Crippen molar-refractivity contribution in [2.75, 3.05) is 13.2 Å². The fourth-order valence-corrected chi connectivity index (χ4v) is 4.20. The van der Waals surface area contributed by atoms with Crippen LogP contribution < -0.4 is 5.32 Å². The number of hydrogen-bond acceptors (Lipinski definition) is 4. The number of aryl methyl sites for hydroxylation is 2. The standard InChI is InChI=1S/C20H23NO5/c22-18(21-20(11-19(23)24)4-6-25-7-5-20)10-15-12-26-17-9-14-3-1-2-13(14)8-16(15)17/h8-9,12H,1-7,10-11H2,(H,21,22)(H,23,24). The average molecular weight is 357 g/mol. The molecule has 0 saturated carbocycles. The summed E-state index contributed by atoms with van der Waals surface area (Å²) in [4.78, 5) is 23.9. The zero-order valence-electron chi connectivity index (χ0n) is 14.7. The molecule has 1 fully saturated rings. The Bertz CT molecular complexity index is 847. The molecule has 0 unspecified atom stereocenters. The number of aliphatic carboxylic acids is 1. The average Bonchev–Trinajstić information content (AvgIpc) is 3.19. The van der Waals surface area contributed by atoms with Gasteiger partial charge in [0.25, 0.3) is 0 Å². The van der Waals surface area contributed by atoms with E-state index in [-0.39, 0.29) is 18.7 Å². The summed E-state index contributed by atoms with van der Waals surface area (Å²) in [7, 11) is 0. The summed E-state index contributed by atoms with van der Waals surface area (Å²) in [6.07, 6.45) is 6.11. The second-order valence-corrected chi connectivity index (χ2v) is 7.42. The van der Waals surface area contributed by atoms with E-state index in [1.54, 1.807) is 6.26 Å². The van der Waals surface area contributed by atoms with Gasteiger partial charge in [-0.15, -0.1) is 0 Å². The Labute approximate surface area is 151 Å². The molecule has 1 amide bonds. The van der Waals surface area contributed by atoms with Crippen LogP contribution in [-0.2, 0) is 33.6 Å². The van der Waals surface area contributed by atoms with Crippen molar-refractivity contribution in [3.8, 4) is 0 Å². The third-order valence-electron chi connectivity index (χ3n) is 5.56. The van der Waals surface area contributed by atoms with Gasteiger partial charge in [-0.25, -0.2) is 0 Å².